The van der Waals surface area contributed by atoms with Crippen molar-refractivity contribution in [2.45, 2.75) is 20.4 Å². The van der Waals surface area contributed by atoms with Crippen LogP contribution in [-0.4, -0.2) is 17.6 Å². The third-order valence-corrected chi connectivity index (χ3v) is 5.13. The van der Waals surface area contributed by atoms with Gasteiger partial charge in [0, 0.05) is 5.56 Å². The Morgan fingerprint density at radius 1 is 1.28 bits per heavy atom. The predicted molar refractivity (Wildman–Crippen MR) is 101 cm³/mol. The molecule has 0 saturated carbocycles. The van der Waals surface area contributed by atoms with Gasteiger partial charge < -0.3 is 9.30 Å². The highest BCUT2D eigenvalue weighted by atomic mass is 32.1. The van der Waals surface area contributed by atoms with Gasteiger partial charge in [0.15, 0.2) is 4.80 Å². The van der Waals surface area contributed by atoms with Gasteiger partial charge in [0.25, 0.3) is 5.91 Å². The van der Waals surface area contributed by atoms with Crippen molar-refractivity contribution in [3.05, 3.63) is 57.9 Å². The van der Waals surface area contributed by atoms with E-state index >= 15 is 0 Å². The molecule has 1 heterocycles. The average molecular weight is 350 g/mol. The van der Waals surface area contributed by atoms with Crippen molar-refractivity contribution in [1.82, 2.24) is 4.57 Å². The maximum atomic E-state index is 12.5. The molecule has 5 heteroatoms. The second kappa shape index (κ2) is 6.96. The van der Waals surface area contributed by atoms with Crippen molar-refractivity contribution in [2.24, 2.45) is 4.99 Å². The highest BCUT2D eigenvalue weighted by Crippen LogP contribution is 2.23. The van der Waals surface area contributed by atoms with Crippen LogP contribution in [0.3, 0.4) is 0 Å². The van der Waals surface area contributed by atoms with Gasteiger partial charge in [-0.25, -0.2) is 0 Å². The number of benzene rings is 2. The molecule has 3 rings (SSSR count). The topological polar surface area (TPSA) is 43.6 Å². The van der Waals surface area contributed by atoms with Gasteiger partial charge in [0.2, 0.25) is 0 Å². The molecule has 25 heavy (non-hydrogen) atoms. The van der Waals surface area contributed by atoms with Crippen LogP contribution in [0.4, 0.5) is 0 Å². The second-order valence-electron chi connectivity index (χ2n) is 5.75. The lowest BCUT2D eigenvalue weighted by Crippen LogP contribution is -2.16. The number of methoxy groups -OCH3 is 1. The molecule has 0 aliphatic heterocycles. The highest BCUT2D eigenvalue weighted by Gasteiger charge is 2.11. The third-order valence-electron chi connectivity index (χ3n) is 3.90. The summed E-state index contributed by atoms with van der Waals surface area (Å²) in [5.74, 6) is 3.06. The van der Waals surface area contributed by atoms with Crippen molar-refractivity contribution < 1.29 is 9.53 Å². The number of rotatable bonds is 3. The zero-order valence-electron chi connectivity index (χ0n) is 14.4. The Morgan fingerprint density at radius 3 is 2.64 bits per heavy atom. The monoisotopic (exact) mass is 350 g/mol. The summed E-state index contributed by atoms with van der Waals surface area (Å²) in [5.41, 5.74) is 3.84. The van der Waals surface area contributed by atoms with E-state index in [1.165, 1.54) is 11.3 Å². The maximum Gasteiger partial charge on any atom is 0.279 e. The first-order valence-corrected chi connectivity index (χ1v) is 8.62. The summed E-state index contributed by atoms with van der Waals surface area (Å²) >= 11 is 1.49. The molecule has 0 aliphatic rings. The lowest BCUT2D eigenvalue weighted by Gasteiger charge is -2.03. The number of thiazole rings is 1. The number of nitrogens with zero attached hydrogens (tertiary/aromatic N) is 2. The van der Waals surface area contributed by atoms with Gasteiger partial charge in [-0.1, -0.05) is 23.3 Å². The summed E-state index contributed by atoms with van der Waals surface area (Å²) in [6, 6.07) is 11.1. The average Bonchev–Trinajstić information content (AvgIpc) is 2.93. The van der Waals surface area contributed by atoms with Crippen molar-refractivity contribution in [1.29, 1.82) is 0 Å². The van der Waals surface area contributed by atoms with Crippen LogP contribution in [0.2, 0.25) is 0 Å². The van der Waals surface area contributed by atoms with E-state index < -0.39 is 0 Å². The van der Waals surface area contributed by atoms with Gasteiger partial charge in [-0.05, 0) is 55.3 Å². The smallest absolute Gasteiger partial charge is 0.279 e. The van der Waals surface area contributed by atoms with E-state index in [4.69, 9.17) is 11.2 Å². The number of hydrogen-bond acceptors (Lipinski definition) is 3. The van der Waals surface area contributed by atoms with Crippen molar-refractivity contribution in [3.8, 4) is 18.1 Å². The summed E-state index contributed by atoms with van der Waals surface area (Å²) in [6.45, 7) is 4.47. The van der Waals surface area contributed by atoms with Crippen LogP contribution < -0.4 is 9.54 Å². The van der Waals surface area contributed by atoms with E-state index in [1.807, 2.05) is 11.5 Å². The summed E-state index contributed by atoms with van der Waals surface area (Å²) in [5, 5.41) is 0. The Labute approximate surface area is 150 Å². The molecule has 0 N–H and O–H groups in total. The first-order valence-electron chi connectivity index (χ1n) is 7.80. The fourth-order valence-corrected chi connectivity index (χ4v) is 3.80. The summed E-state index contributed by atoms with van der Waals surface area (Å²) < 4.78 is 8.13. The Bertz CT molecular complexity index is 1050. The molecule has 0 aliphatic carbocycles. The molecule has 0 spiro atoms. The van der Waals surface area contributed by atoms with Gasteiger partial charge in [0.1, 0.15) is 5.75 Å². The van der Waals surface area contributed by atoms with Gasteiger partial charge in [0.05, 0.1) is 23.9 Å². The van der Waals surface area contributed by atoms with Crippen LogP contribution >= 0.6 is 11.3 Å². The minimum absolute atomic E-state index is 0.297. The Hall–Kier alpha value is -2.84. The molecule has 4 nitrogen and oxygen atoms in total. The highest BCUT2D eigenvalue weighted by molar-refractivity contribution is 7.16. The normalized spacial score (nSPS) is 11.5. The quantitative estimate of drug-likeness (QED) is 0.676. The Kier molecular flexibility index (Phi) is 4.73. The van der Waals surface area contributed by atoms with Crippen LogP contribution in [0.25, 0.3) is 10.2 Å². The molecule has 0 saturated heterocycles. The predicted octanol–water partition coefficient (Wildman–Crippen LogP) is 3.70. The molecular weight excluding hydrogens is 332 g/mol. The van der Waals surface area contributed by atoms with Crippen molar-refractivity contribution in [2.75, 3.05) is 7.11 Å². The number of aryl methyl sites for hydroxylation is 2. The molecule has 1 amide bonds. The first kappa shape index (κ1) is 17.0. The van der Waals surface area contributed by atoms with E-state index in [-0.39, 0.29) is 5.91 Å². The summed E-state index contributed by atoms with van der Waals surface area (Å²) in [4.78, 5) is 17.5. The van der Waals surface area contributed by atoms with Gasteiger partial charge >= 0.3 is 0 Å². The fourth-order valence-electron chi connectivity index (χ4n) is 2.73. The third kappa shape index (κ3) is 3.35. The van der Waals surface area contributed by atoms with E-state index in [0.717, 1.165) is 21.3 Å². The molecule has 0 radical (unpaired) electrons. The van der Waals surface area contributed by atoms with Crippen LogP contribution in [0, 0.1) is 26.2 Å². The number of amides is 1. The number of carbonyl (C=O) groups is 1. The maximum absolute atomic E-state index is 12.5. The van der Waals surface area contributed by atoms with Gasteiger partial charge in [-0.3, -0.25) is 4.79 Å². The number of carbonyl (C=O) groups excluding carboxylic acids is 1. The lowest BCUT2D eigenvalue weighted by atomic mass is 10.1. The zero-order chi connectivity index (χ0) is 18.0. The number of fused-ring (bicyclic) bond motifs is 1. The van der Waals surface area contributed by atoms with Crippen molar-refractivity contribution >= 4 is 27.5 Å². The van der Waals surface area contributed by atoms with E-state index in [2.05, 4.69) is 30.0 Å². The molecule has 0 atom stereocenters. The standard InChI is InChI=1S/C20H18N2O2S/c1-5-10-22-17-12-13(2)11-14(3)18(17)25-20(22)21-19(23)15-6-8-16(24-4)9-7-15/h1,6-9,11-12H,10H2,2-4H3. The minimum atomic E-state index is -0.297. The first-order chi connectivity index (χ1) is 12.0. The van der Waals surface area contributed by atoms with Crippen molar-refractivity contribution in [3.63, 3.8) is 0 Å². The second-order valence-corrected chi connectivity index (χ2v) is 6.73. The van der Waals surface area contributed by atoms with Crippen LogP contribution in [0.15, 0.2) is 41.4 Å². The number of aromatic nitrogens is 1. The fraction of sp³-hybridized carbons (Fsp3) is 0.200. The van der Waals surface area contributed by atoms with Gasteiger partial charge in [-0.2, -0.15) is 4.99 Å². The molecule has 0 unspecified atom stereocenters. The van der Waals surface area contributed by atoms with Crippen LogP contribution in [0.5, 0.6) is 5.75 Å². The lowest BCUT2D eigenvalue weighted by molar-refractivity contribution is 0.0998. The molecule has 3 aromatic rings. The number of ether oxygens (including phenoxy) is 1. The summed E-state index contributed by atoms with van der Waals surface area (Å²) in [6.07, 6.45) is 5.52. The van der Waals surface area contributed by atoms with Crippen LogP contribution in [0.1, 0.15) is 21.5 Å². The number of hydrogen-bond donors (Lipinski definition) is 0. The zero-order valence-corrected chi connectivity index (χ0v) is 15.2. The van der Waals surface area contributed by atoms with Gasteiger partial charge in [-0.15, -0.1) is 6.42 Å². The minimum Gasteiger partial charge on any atom is -0.497 e. The largest absolute Gasteiger partial charge is 0.497 e. The van der Waals surface area contributed by atoms with E-state index in [9.17, 15) is 4.79 Å². The molecule has 1 aromatic heterocycles. The Morgan fingerprint density at radius 2 is 2.00 bits per heavy atom. The Balaban J connectivity index is 2.14. The molecule has 0 bridgehead atoms. The van der Waals surface area contributed by atoms with E-state index in [1.54, 1.807) is 31.4 Å². The summed E-state index contributed by atoms with van der Waals surface area (Å²) in [7, 11) is 1.59. The van der Waals surface area contributed by atoms with E-state index in [0.29, 0.717) is 22.7 Å². The molecular formula is C20H18N2O2S. The molecule has 0 fully saturated rings. The van der Waals surface area contributed by atoms with Crippen LogP contribution in [-0.2, 0) is 6.54 Å². The molecule has 2 aromatic carbocycles. The SMILES string of the molecule is C#CCn1c(=NC(=O)c2ccc(OC)cc2)sc2c(C)cc(C)cc21. The number of terminal acetylenes is 1. The molecule has 126 valence electrons.